The fourth-order valence-electron chi connectivity index (χ4n) is 7.80. The molecule has 4 fully saturated rings. The van der Waals surface area contributed by atoms with Gasteiger partial charge in [0.05, 0.1) is 17.0 Å². The quantitative estimate of drug-likeness (QED) is 0.601. The lowest BCUT2D eigenvalue weighted by Gasteiger charge is -2.53. The number of para-hydroxylation sites is 2. The summed E-state index contributed by atoms with van der Waals surface area (Å²) >= 11 is 0. The van der Waals surface area contributed by atoms with E-state index >= 15 is 0 Å². The molecule has 200 valence electrons. The maximum Gasteiger partial charge on any atom is 0.310 e. The number of aromatic nitrogens is 2. The summed E-state index contributed by atoms with van der Waals surface area (Å²) in [5, 5.41) is 9.35. The molecule has 0 spiro atoms. The Morgan fingerprint density at radius 2 is 1.38 bits per heavy atom. The average Bonchev–Trinajstić information content (AvgIpc) is 2.86. The highest BCUT2D eigenvalue weighted by molar-refractivity contribution is 5.78. The standard InChI is InChI=1S/C30H42N4O3/c35-29-28(32-19-21(20-32)30(36)37)31-26-15-8-9-16-27(26)34(29)25-17-23-13-10-14-24(18-25)33(23)22-11-6-4-2-1-3-5-7-12-22/h8-9,15-16,21-25H,1-7,10-14,17-20H2,(H,36,37)/t23-,24+,25?. The van der Waals surface area contributed by atoms with Crippen LogP contribution in [0, 0.1) is 5.92 Å². The minimum absolute atomic E-state index is 0.0437. The number of anilines is 1. The van der Waals surface area contributed by atoms with Gasteiger partial charge in [-0.15, -0.1) is 0 Å². The van der Waals surface area contributed by atoms with Gasteiger partial charge < -0.3 is 14.6 Å². The van der Waals surface area contributed by atoms with Crippen molar-refractivity contribution in [3.8, 4) is 0 Å². The van der Waals surface area contributed by atoms with Crippen LogP contribution in [0.2, 0.25) is 0 Å². The molecular formula is C30H42N4O3. The third-order valence-electron chi connectivity index (χ3n) is 9.68. The highest BCUT2D eigenvalue weighted by Gasteiger charge is 2.43. The van der Waals surface area contributed by atoms with E-state index in [0.717, 1.165) is 23.9 Å². The predicted molar refractivity (Wildman–Crippen MR) is 146 cm³/mol. The maximum atomic E-state index is 13.9. The SMILES string of the molecule is O=C(O)C1CN(c2nc3ccccc3n(C3C[C@H]4CCC[C@@H](C3)N4C3CCCCCCCCC3)c2=O)C1. The molecule has 0 amide bonds. The highest BCUT2D eigenvalue weighted by Crippen LogP contribution is 2.42. The number of carboxylic acid groups (broad SMARTS) is 1. The summed E-state index contributed by atoms with van der Waals surface area (Å²) in [6.07, 6.45) is 18.2. The number of carbonyl (C=O) groups is 1. The summed E-state index contributed by atoms with van der Waals surface area (Å²) in [6.45, 7) is 0.725. The molecule has 1 aliphatic carbocycles. The summed E-state index contributed by atoms with van der Waals surface area (Å²) in [5.74, 6) is -0.782. The van der Waals surface area contributed by atoms with Crippen molar-refractivity contribution in [1.29, 1.82) is 0 Å². The highest BCUT2D eigenvalue weighted by atomic mass is 16.4. The molecule has 3 saturated heterocycles. The Morgan fingerprint density at radius 3 is 2.03 bits per heavy atom. The van der Waals surface area contributed by atoms with E-state index in [4.69, 9.17) is 4.98 Å². The third-order valence-corrected chi connectivity index (χ3v) is 9.68. The second kappa shape index (κ2) is 10.8. The first kappa shape index (κ1) is 24.9. The number of rotatable bonds is 4. The maximum absolute atomic E-state index is 13.9. The molecular weight excluding hydrogens is 464 g/mol. The van der Waals surface area contributed by atoms with E-state index in [1.807, 2.05) is 33.7 Å². The molecule has 1 aromatic heterocycles. The number of piperidine rings is 2. The Hall–Kier alpha value is -2.41. The van der Waals surface area contributed by atoms with Crippen molar-refractivity contribution in [2.24, 2.45) is 5.92 Å². The van der Waals surface area contributed by atoms with Gasteiger partial charge in [-0.25, -0.2) is 4.98 Å². The van der Waals surface area contributed by atoms with Gasteiger partial charge in [-0.2, -0.15) is 0 Å². The van der Waals surface area contributed by atoms with E-state index in [2.05, 4.69) is 4.90 Å². The molecule has 37 heavy (non-hydrogen) atoms. The molecule has 4 aliphatic rings. The Kier molecular flexibility index (Phi) is 7.24. The Bertz CT molecular complexity index is 1150. The van der Waals surface area contributed by atoms with Crippen molar-refractivity contribution in [2.75, 3.05) is 18.0 Å². The second-order valence-corrected chi connectivity index (χ2v) is 12.1. The smallest absolute Gasteiger partial charge is 0.310 e. The predicted octanol–water partition coefficient (Wildman–Crippen LogP) is 5.37. The van der Waals surface area contributed by atoms with Crippen LogP contribution in [0.15, 0.2) is 29.1 Å². The Labute approximate surface area is 219 Å². The van der Waals surface area contributed by atoms with E-state index in [1.165, 1.54) is 77.0 Å². The molecule has 7 nitrogen and oxygen atoms in total. The van der Waals surface area contributed by atoms with Crippen LogP contribution in [-0.2, 0) is 4.79 Å². The first-order valence-corrected chi connectivity index (χ1v) is 14.9. The normalized spacial score (nSPS) is 28.6. The Morgan fingerprint density at radius 1 is 0.784 bits per heavy atom. The average molecular weight is 507 g/mol. The van der Waals surface area contributed by atoms with Crippen molar-refractivity contribution in [2.45, 2.75) is 114 Å². The molecule has 0 radical (unpaired) electrons. The number of nitrogens with zero attached hydrogens (tertiary/aromatic N) is 4. The summed E-state index contributed by atoms with van der Waals surface area (Å²) in [5.41, 5.74) is 1.70. The van der Waals surface area contributed by atoms with Gasteiger partial charge in [0.1, 0.15) is 0 Å². The lowest BCUT2D eigenvalue weighted by molar-refractivity contribution is -0.142. The lowest BCUT2D eigenvalue weighted by atomic mass is 9.79. The van der Waals surface area contributed by atoms with Crippen LogP contribution in [0.5, 0.6) is 0 Å². The van der Waals surface area contributed by atoms with Crippen LogP contribution in [0.4, 0.5) is 5.82 Å². The molecule has 1 unspecified atom stereocenters. The lowest BCUT2D eigenvalue weighted by Crippen LogP contribution is -2.57. The van der Waals surface area contributed by atoms with Crippen molar-refractivity contribution in [1.82, 2.24) is 14.5 Å². The van der Waals surface area contributed by atoms with E-state index < -0.39 is 11.9 Å². The summed E-state index contributed by atoms with van der Waals surface area (Å²) < 4.78 is 2.04. The van der Waals surface area contributed by atoms with E-state index in [0.29, 0.717) is 37.0 Å². The molecule has 3 aliphatic heterocycles. The number of benzene rings is 1. The monoisotopic (exact) mass is 506 g/mol. The van der Waals surface area contributed by atoms with Gasteiger partial charge in [0.2, 0.25) is 0 Å². The minimum Gasteiger partial charge on any atom is -0.481 e. The van der Waals surface area contributed by atoms with Gasteiger partial charge in [-0.3, -0.25) is 14.5 Å². The Balaban J connectivity index is 1.29. The molecule has 4 heterocycles. The van der Waals surface area contributed by atoms with E-state index in [-0.39, 0.29) is 11.6 Å². The zero-order chi connectivity index (χ0) is 25.4. The summed E-state index contributed by atoms with van der Waals surface area (Å²) in [7, 11) is 0. The zero-order valence-corrected chi connectivity index (χ0v) is 22.1. The first-order chi connectivity index (χ1) is 18.1. The minimum atomic E-state index is -0.793. The topological polar surface area (TPSA) is 78.7 Å². The van der Waals surface area contributed by atoms with Crippen LogP contribution in [0.25, 0.3) is 11.0 Å². The van der Waals surface area contributed by atoms with Crippen LogP contribution in [0.1, 0.15) is 95.9 Å². The molecule has 7 heteroatoms. The van der Waals surface area contributed by atoms with Crippen molar-refractivity contribution in [3.05, 3.63) is 34.6 Å². The summed E-state index contributed by atoms with van der Waals surface area (Å²) in [6, 6.07) is 9.96. The molecule has 1 saturated carbocycles. The van der Waals surface area contributed by atoms with Crippen LogP contribution in [0.3, 0.4) is 0 Å². The fraction of sp³-hybridized carbons (Fsp3) is 0.700. The van der Waals surface area contributed by atoms with Gasteiger partial charge >= 0.3 is 5.97 Å². The molecule has 2 aromatic rings. The van der Waals surface area contributed by atoms with Crippen LogP contribution >= 0.6 is 0 Å². The van der Waals surface area contributed by atoms with E-state index in [9.17, 15) is 14.7 Å². The van der Waals surface area contributed by atoms with Crippen LogP contribution in [-0.4, -0.2) is 56.7 Å². The van der Waals surface area contributed by atoms with E-state index in [1.54, 1.807) is 0 Å². The fourth-order valence-corrected chi connectivity index (χ4v) is 7.80. The zero-order valence-electron chi connectivity index (χ0n) is 22.1. The number of carboxylic acids is 1. The molecule has 3 atom stereocenters. The van der Waals surface area contributed by atoms with Gasteiger partial charge in [0, 0.05) is 37.3 Å². The second-order valence-electron chi connectivity index (χ2n) is 12.1. The van der Waals surface area contributed by atoms with Gasteiger partial charge in [0.25, 0.3) is 5.56 Å². The number of hydrogen-bond donors (Lipinski definition) is 1. The number of hydrogen-bond acceptors (Lipinski definition) is 5. The van der Waals surface area contributed by atoms with Crippen molar-refractivity contribution in [3.63, 3.8) is 0 Å². The first-order valence-electron chi connectivity index (χ1n) is 14.9. The van der Waals surface area contributed by atoms with Gasteiger partial charge in [0.15, 0.2) is 5.82 Å². The molecule has 2 bridgehead atoms. The summed E-state index contributed by atoms with van der Waals surface area (Å²) in [4.78, 5) is 34.8. The van der Waals surface area contributed by atoms with Gasteiger partial charge in [-0.1, -0.05) is 63.5 Å². The molecule has 1 N–H and O–H groups in total. The van der Waals surface area contributed by atoms with Crippen molar-refractivity contribution < 1.29 is 9.90 Å². The van der Waals surface area contributed by atoms with Crippen LogP contribution < -0.4 is 10.5 Å². The molecule has 1 aromatic carbocycles. The largest absolute Gasteiger partial charge is 0.481 e. The van der Waals surface area contributed by atoms with Crippen molar-refractivity contribution >= 4 is 22.8 Å². The number of fused-ring (bicyclic) bond motifs is 3. The number of aliphatic carboxylic acids is 1. The molecule has 6 rings (SSSR count). The van der Waals surface area contributed by atoms with Gasteiger partial charge in [-0.05, 0) is 50.7 Å². The third kappa shape index (κ3) is 4.91.